The smallest absolute Gasteiger partial charge is 0.242 e. The van der Waals surface area contributed by atoms with Gasteiger partial charge in [-0.3, -0.25) is 9.59 Å². The van der Waals surface area contributed by atoms with Crippen molar-refractivity contribution in [3.05, 3.63) is 57.8 Å². The van der Waals surface area contributed by atoms with Gasteiger partial charge in [-0.1, -0.05) is 30.3 Å². The molecular formula is C20H25ClN2O3S. The Bertz CT molecular complexity index is 736. The largest absolute Gasteiger partial charge is 0.383 e. The second-order valence-corrected chi connectivity index (χ2v) is 7.47. The standard InChI is InChI=1S/C20H25ClN2O3S/c1-16-8-11-27-18(16)14-23(13-17-6-4-3-5-7-17)20(25)15-22(9-10-26-2)19(24)12-21/h3-8,11H,9-10,12-15H2,1-2H3. The molecular weight excluding hydrogens is 384 g/mol. The maximum atomic E-state index is 13.0. The van der Waals surface area contributed by atoms with Crippen molar-refractivity contribution < 1.29 is 14.3 Å². The topological polar surface area (TPSA) is 49.9 Å². The van der Waals surface area contributed by atoms with Gasteiger partial charge in [-0.05, 0) is 29.5 Å². The summed E-state index contributed by atoms with van der Waals surface area (Å²) >= 11 is 7.33. The number of halogens is 1. The molecule has 0 atom stereocenters. The van der Waals surface area contributed by atoms with Crippen LogP contribution in [0.5, 0.6) is 0 Å². The van der Waals surface area contributed by atoms with Crippen molar-refractivity contribution >= 4 is 34.8 Å². The second-order valence-electron chi connectivity index (χ2n) is 6.20. The maximum absolute atomic E-state index is 13.0. The number of thiophene rings is 1. The number of alkyl halides is 1. The highest BCUT2D eigenvalue weighted by atomic mass is 35.5. The molecule has 0 aliphatic carbocycles. The summed E-state index contributed by atoms with van der Waals surface area (Å²) in [4.78, 5) is 29.5. The molecule has 0 fully saturated rings. The molecule has 1 aromatic heterocycles. The van der Waals surface area contributed by atoms with Gasteiger partial charge in [0.05, 0.1) is 19.7 Å². The van der Waals surface area contributed by atoms with Crippen LogP contribution in [-0.2, 0) is 27.4 Å². The quantitative estimate of drug-likeness (QED) is 0.567. The van der Waals surface area contributed by atoms with Crippen LogP contribution in [0.1, 0.15) is 16.0 Å². The van der Waals surface area contributed by atoms with E-state index in [-0.39, 0.29) is 24.2 Å². The lowest BCUT2D eigenvalue weighted by molar-refractivity contribution is -0.140. The third-order valence-electron chi connectivity index (χ3n) is 4.23. The highest BCUT2D eigenvalue weighted by Gasteiger charge is 2.22. The lowest BCUT2D eigenvalue weighted by Gasteiger charge is -2.27. The number of hydrogen-bond donors (Lipinski definition) is 0. The van der Waals surface area contributed by atoms with E-state index >= 15 is 0 Å². The number of methoxy groups -OCH3 is 1. The Morgan fingerprint density at radius 2 is 1.81 bits per heavy atom. The lowest BCUT2D eigenvalue weighted by Crippen LogP contribution is -2.44. The van der Waals surface area contributed by atoms with E-state index < -0.39 is 0 Å². The summed E-state index contributed by atoms with van der Waals surface area (Å²) in [5, 5.41) is 2.03. The van der Waals surface area contributed by atoms with Crippen molar-refractivity contribution in [3.63, 3.8) is 0 Å². The number of rotatable bonds is 10. The summed E-state index contributed by atoms with van der Waals surface area (Å²) in [6.45, 7) is 3.74. The van der Waals surface area contributed by atoms with Crippen molar-refractivity contribution in [2.75, 3.05) is 32.7 Å². The normalized spacial score (nSPS) is 10.6. The highest BCUT2D eigenvalue weighted by Crippen LogP contribution is 2.19. The average Bonchev–Trinajstić information content (AvgIpc) is 3.09. The van der Waals surface area contributed by atoms with Crippen LogP contribution in [0.15, 0.2) is 41.8 Å². The monoisotopic (exact) mass is 408 g/mol. The number of carbonyl (C=O) groups is 2. The van der Waals surface area contributed by atoms with Gasteiger partial charge in [0.1, 0.15) is 5.88 Å². The lowest BCUT2D eigenvalue weighted by atomic mass is 10.2. The van der Waals surface area contributed by atoms with E-state index in [9.17, 15) is 9.59 Å². The Morgan fingerprint density at radius 3 is 2.41 bits per heavy atom. The van der Waals surface area contributed by atoms with Crippen LogP contribution >= 0.6 is 22.9 Å². The van der Waals surface area contributed by atoms with E-state index in [4.69, 9.17) is 16.3 Å². The molecule has 5 nitrogen and oxygen atoms in total. The SMILES string of the molecule is COCCN(CC(=O)N(Cc1ccccc1)Cc1sccc1C)C(=O)CCl. The fraction of sp³-hybridized carbons (Fsp3) is 0.400. The van der Waals surface area contributed by atoms with Gasteiger partial charge in [-0.15, -0.1) is 22.9 Å². The molecule has 0 unspecified atom stereocenters. The third-order valence-corrected chi connectivity index (χ3v) is 5.47. The molecule has 27 heavy (non-hydrogen) atoms. The molecule has 0 saturated heterocycles. The fourth-order valence-corrected chi connectivity index (χ4v) is 3.71. The fourth-order valence-electron chi connectivity index (χ4n) is 2.62. The number of nitrogens with zero attached hydrogens (tertiary/aromatic N) is 2. The Labute approximate surface area is 169 Å². The molecule has 1 aromatic carbocycles. The molecule has 7 heteroatoms. The van der Waals surface area contributed by atoms with Crippen LogP contribution in [0.3, 0.4) is 0 Å². The Balaban J connectivity index is 2.15. The van der Waals surface area contributed by atoms with Gasteiger partial charge in [-0.25, -0.2) is 0 Å². The minimum absolute atomic E-state index is 0.00777. The third kappa shape index (κ3) is 6.65. The van der Waals surface area contributed by atoms with Gasteiger partial charge < -0.3 is 14.5 Å². The van der Waals surface area contributed by atoms with Gasteiger partial charge >= 0.3 is 0 Å². The van der Waals surface area contributed by atoms with Crippen LogP contribution in [-0.4, -0.2) is 54.3 Å². The number of benzene rings is 1. The molecule has 1 heterocycles. The molecule has 2 amide bonds. The predicted molar refractivity (Wildman–Crippen MR) is 109 cm³/mol. The summed E-state index contributed by atoms with van der Waals surface area (Å²) in [6.07, 6.45) is 0. The molecule has 0 aliphatic rings. The van der Waals surface area contributed by atoms with E-state index in [2.05, 4.69) is 0 Å². The molecule has 146 valence electrons. The number of carbonyl (C=O) groups excluding carboxylic acids is 2. The first kappa shape index (κ1) is 21.4. The summed E-state index contributed by atoms with van der Waals surface area (Å²) in [5.41, 5.74) is 2.21. The van der Waals surface area contributed by atoms with E-state index in [1.165, 1.54) is 10.5 Å². The zero-order chi connectivity index (χ0) is 19.6. The van der Waals surface area contributed by atoms with Crippen LogP contribution in [0, 0.1) is 6.92 Å². The maximum Gasteiger partial charge on any atom is 0.242 e. The molecule has 0 N–H and O–H groups in total. The second kappa shape index (κ2) is 11.1. The molecule has 0 aliphatic heterocycles. The minimum Gasteiger partial charge on any atom is -0.383 e. The Morgan fingerprint density at radius 1 is 1.07 bits per heavy atom. The van der Waals surface area contributed by atoms with Crippen LogP contribution < -0.4 is 0 Å². The van der Waals surface area contributed by atoms with Gasteiger partial charge in [0.2, 0.25) is 11.8 Å². The van der Waals surface area contributed by atoms with Gasteiger partial charge in [0.15, 0.2) is 0 Å². The van der Waals surface area contributed by atoms with Crippen molar-refractivity contribution in [1.82, 2.24) is 9.80 Å². The molecule has 0 bridgehead atoms. The zero-order valence-electron chi connectivity index (χ0n) is 15.7. The van der Waals surface area contributed by atoms with Crippen molar-refractivity contribution in [2.45, 2.75) is 20.0 Å². The summed E-state index contributed by atoms with van der Waals surface area (Å²) in [5.74, 6) is -0.532. The van der Waals surface area contributed by atoms with Crippen molar-refractivity contribution in [2.24, 2.45) is 0 Å². The van der Waals surface area contributed by atoms with Crippen LogP contribution in [0.2, 0.25) is 0 Å². The van der Waals surface area contributed by atoms with E-state index in [0.29, 0.717) is 26.2 Å². The predicted octanol–water partition coefficient (Wildman–Crippen LogP) is 3.30. The van der Waals surface area contributed by atoms with E-state index in [0.717, 1.165) is 10.4 Å². The van der Waals surface area contributed by atoms with Crippen molar-refractivity contribution in [3.8, 4) is 0 Å². The summed E-state index contributed by atoms with van der Waals surface area (Å²) < 4.78 is 5.05. The van der Waals surface area contributed by atoms with Crippen molar-refractivity contribution in [1.29, 1.82) is 0 Å². The number of hydrogen-bond acceptors (Lipinski definition) is 4. The minimum atomic E-state index is -0.269. The summed E-state index contributed by atoms with van der Waals surface area (Å²) in [6, 6.07) is 11.9. The average molecular weight is 409 g/mol. The van der Waals surface area contributed by atoms with E-state index in [1.54, 1.807) is 23.3 Å². The molecule has 2 aromatic rings. The highest BCUT2D eigenvalue weighted by molar-refractivity contribution is 7.10. The van der Waals surface area contributed by atoms with E-state index in [1.807, 2.05) is 48.7 Å². The Hall–Kier alpha value is -1.89. The zero-order valence-corrected chi connectivity index (χ0v) is 17.3. The molecule has 2 rings (SSSR count). The number of amides is 2. The molecule has 0 radical (unpaired) electrons. The van der Waals surface area contributed by atoms with Gasteiger partial charge in [0, 0.05) is 25.1 Å². The number of aryl methyl sites for hydroxylation is 1. The first-order chi connectivity index (χ1) is 13.0. The van der Waals surface area contributed by atoms with Crippen LogP contribution in [0.4, 0.5) is 0 Å². The Kier molecular flexibility index (Phi) is 8.78. The van der Waals surface area contributed by atoms with Gasteiger partial charge in [-0.2, -0.15) is 0 Å². The first-order valence-electron chi connectivity index (χ1n) is 8.72. The van der Waals surface area contributed by atoms with Crippen LogP contribution in [0.25, 0.3) is 0 Å². The molecule has 0 saturated carbocycles. The number of ether oxygens (including phenoxy) is 1. The molecule has 0 spiro atoms. The summed E-state index contributed by atoms with van der Waals surface area (Å²) in [7, 11) is 1.56. The first-order valence-corrected chi connectivity index (χ1v) is 10.1. The van der Waals surface area contributed by atoms with Gasteiger partial charge in [0.25, 0.3) is 0 Å².